The minimum atomic E-state index is 0.798. The molecule has 1 fully saturated rings. The van der Waals surface area contributed by atoms with Crippen LogP contribution in [0.3, 0.4) is 0 Å². The molecule has 0 N–H and O–H groups in total. The van der Waals surface area contributed by atoms with Crippen LogP contribution in [0.15, 0.2) is 61.2 Å². The molecule has 1 aliphatic heterocycles. The van der Waals surface area contributed by atoms with Crippen LogP contribution in [0, 0.1) is 0 Å². The Labute approximate surface area is 161 Å². The Morgan fingerprint density at radius 3 is 2.30 bits per heavy atom. The number of piperazine rings is 1. The lowest BCUT2D eigenvalue weighted by atomic mass is 10.2. The summed E-state index contributed by atoms with van der Waals surface area (Å²) in [6.07, 6.45) is 5.26. The summed E-state index contributed by atoms with van der Waals surface area (Å²) in [7, 11) is 0. The molecule has 3 aromatic heterocycles. The standard InChI is InChI=1S/C20H18N6S/c1-2-5-15(6-3-1)17-13-16-18(23-14-24-19(16)27-17)25-9-11-26(12-10-25)20-21-7-4-8-22-20/h1-8,13-14H,9-12H2. The van der Waals surface area contributed by atoms with Gasteiger partial charge in [-0.2, -0.15) is 0 Å². The first-order valence-corrected chi connectivity index (χ1v) is 9.77. The van der Waals surface area contributed by atoms with Gasteiger partial charge in [-0.1, -0.05) is 30.3 Å². The molecule has 5 rings (SSSR count). The predicted octanol–water partition coefficient (Wildman–Crippen LogP) is 3.47. The fourth-order valence-corrected chi connectivity index (χ4v) is 4.41. The van der Waals surface area contributed by atoms with Crippen molar-refractivity contribution in [3.8, 4) is 10.4 Å². The second-order valence-corrected chi connectivity index (χ2v) is 7.45. The smallest absolute Gasteiger partial charge is 0.225 e. The summed E-state index contributed by atoms with van der Waals surface area (Å²) < 4.78 is 0. The molecule has 6 nitrogen and oxygen atoms in total. The van der Waals surface area contributed by atoms with Crippen LogP contribution >= 0.6 is 11.3 Å². The SMILES string of the molecule is c1ccc(-c2cc3c(N4CCN(c5ncccn5)CC4)ncnc3s2)cc1. The van der Waals surface area contributed by atoms with Crippen LogP contribution in [0.2, 0.25) is 0 Å². The van der Waals surface area contributed by atoms with Crippen LogP contribution in [0.1, 0.15) is 0 Å². The molecule has 0 bridgehead atoms. The number of anilines is 2. The van der Waals surface area contributed by atoms with E-state index in [1.807, 2.05) is 12.1 Å². The zero-order valence-corrected chi connectivity index (χ0v) is 15.5. The van der Waals surface area contributed by atoms with E-state index in [1.54, 1.807) is 30.1 Å². The van der Waals surface area contributed by atoms with Crippen molar-refractivity contribution in [2.45, 2.75) is 0 Å². The van der Waals surface area contributed by atoms with Crippen molar-refractivity contribution in [3.63, 3.8) is 0 Å². The highest BCUT2D eigenvalue weighted by Crippen LogP contribution is 2.36. The van der Waals surface area contributed by atoms with E-state index in [0.717, 1.165) is 48.2 Å². The normalized spacial score (nSPS) is 14.7. The summed E-state index contributed by atoms with van der Waals surface area (Å²) in [5, 5.41) is 1.13. The highest BCUT2D eigenvalue weighted by atomic mass is 32.1. The summed E-state index contributed by atoms with van der Waals surface area (Å²) in [4.78, 5) is 24.6. The monoisotopic (exact) mass is 374 g/mol. The molecule has 1 aliphatic rings. The van der Waals surface area contributed by atoms with Crippen LogP contribution in [0.4, 0.5) is 11.8 Å². The summed E-state index contributed by atoms with van der Waals surface area (Å²) in [5.74, 6) is 1.82. The van der Waals surface area contributed by atoms with Gasteiger partial charge in [-0.05, 0) is 17.7 Å². The fraction of sp³-hybridized carbons (Fsp3) is 0.200. The minimum absolute atomic E-state index is 0.798. The molecule has 0 saturated carbocycles. The second-order valence-electron chi connectivity index (χ2n) is 6.42. The summed E-state index contributed by atoms with van der Waals surface area (Å²) in [6, 6.07) is 14.5. The molecule has 0 atom stereocenters. The van der Waals surface area contributed by atoms with E-state index in [1.165, 1.54) is 10.4 Å². The third-order valence-corrected chi connectivity index (χ3v) is 5.87. The lowest BCUT2D eigenvalue weighted by molar-refractivity contribution is 0.636. The molecule has 0 spiro atoms. The Hall–Kier alpha value is -3.06. The van der Waals surface area contributed by atoms with E-state index < -0.39 is 0 Å². The summed E-state index contributed by atoms with van der Waals surface area (Å²) >= 11 is 1.72. The number of hydrogen-bond acceptors (Lipinski definition) is 7. The van der Waals surface area contributed by atoms with Gasteiger partial charge in [-0.25, -0.2) is 19.9 Å². The lowest BCUT2D eigenvalue weighted by Crippen LogP contribution is -2.47. The van der Waals surface area contributed by atoms with Crippen LogP contribution in [-0.4, -0.2) is 46.1 Å². The average Bonchev–Trinajstić information content (AvgIpc) is 3.20. The van der Waals surface area contributed by atoms with Crippen molar-refractivity contribution in [1.82, 2.24) is 19.9 Å². The van der Waals surface area contributed by atoms with Gasteiger partial charge in [-0.3, -0.25) is 0 Å². The van der Waals surface area contributed by atoms with Gasteiger partial charge in [-0.15, -0.1) is 11.3 Å². The quantitative estimate of drug-likeness (QED) is 0.547. The first-order valence-electron chi connectivity index (χ1n) is 8.95. The fourth-order valence-electron chi connectivity index (χ4n) is 3.41. The summed E-state index contributed by atoms with van der Waals surface area (Å²) in [5.41, 5.74) is 1.22. The van der Waals surface area contributed by atoms with Gasteiger partial charge < -0.3 is 9.80 Å². The average molecular weight is 374 g/mol. The van der Waals surface area contributed by atoms with Crippen molar-refractivity contribution >= 4 is 33.3 Å². The number of rotatable bonds is 3. The molecule has 1 saturated heterocycles. The predicted molar refractivity (Wildman–Crippen MR) is 109 cm³/mol. The number of hydrogen-bond donors (Lipinski definition) is 0. The molecule has 27 heavy (non-hydrogen) atoms. The maximum Gasteiger partial charge on any atom is 0.225 e. The number of aromatic nitrogens is 4. The third kappa shape index (κ3) is 3.10. The Morgan fingerprint density at radius 1 is 0.778 bits per heavy atom. The molecule has 1 aromatic carbocycles. The maximum atomic E-state index is 4.61. The van der Waals surface area contributed by atoms with Crippen molar-refractivity contribution in [3.05, 3.63) is 61.2 Å². The Kier molecular flexibility index (Phi) is 4.14. The molecule has 7 heteroatoms. The van der Waals surface area contributed by atoms with Gasteiger partial charge in [0.05, 0.1) is 5.39 Å². The van der Waals surface area contributed by atoms with E-state index in [-0.39, 0.29) is 0 Å². The van der Waals surface area contributed by atoms with Gasteiger partial charge in [0.2, 0.25) is 5.95 Å². The Bertz CT molecular complexity index is 1040. The van der Waals surface area contributed by atoms with Crippen molar-refractivity contribution < 1.29 is 0 Å². The first kappa shape index (κ1) is 16.1. The first-order chi connectivity index (χ1) is 13.4. The highest BCUT2D eigenvalue weighted by molar-refractivity contribution is 7.21. The van der Waals surface area contributed by atoms with Gasteiger partial charge in [0.1, 0.15) is 17.0 Å². The third-order valence-electron chi connectivity index (χ3n) is 4.78. The molecule has 0 unspecified atom stereocenters. The number of fused-ring (bicyclic) bond motifs is 1. The van der Waals surface area contributed by atoms with Crippen LogP contribution < -0.4 is 9.80 Å². The van der Waals surface area contributed by atoms with Crippen molar-refractivity contribution in [2.24, 2.45) is 0 Å². The molecule has 0 radical (unpaired) electrons. The van der Waals surface area contributed by atoms with E-state index in [2.05, 4.69) is 60.1 Å². The maximum absolute atomic E-state index is 4.61. The largest absolute Gasteiger partial charge is 0.352 e. The Balaban J connectivity index is 1.42. The van der Waals surface area contributed by atoms with Gasteiger partial charge in [0.25, 0.3) is 0 Å². The number of benzene rings is 1. The molecule has 134 valence electrons. The van der Waals surface area contributed by atoms with E-state index in [9.17, 15) is 0 Å². The molecule has 4 aromatic rings. The van der Waals surface area contributed by atoms with Crippen LogP contribution in [0.25, 0.3) is 20.7 Å². The van der Waals surface area contributed by atoms with E-state index in [4.69, 9.17) is 0 Å². The molecule has 0 amide bonds. The van der Waals surface area contributed by atoms with Gasteiger partial charge in [0, 0.05) is 43.4 Å². The number of thiophene rings is 1. The topological polar surface area (TPSA) is 58.0 Å². The van der Waals surface area contributed by atoms with Gasteiger partial charge in [0.15, 0.2) is 0 Å². The van der Waals surface area contributed by atoms with Crippen LogP contribution in [-0.2, 0) is 0 Å². The van der Waals surface area contributed by atoms with Gasteiger partial charge >= 0.3 is 0 Å². The molecular weight excluding hydrogens is 356 g/mol. The van der Waals surface area contributed by atoms with E-state index >= 15 is 0 Å². The molecular formula is C20H18N6S. The number of nitrogens with zero attached hydrogens (tertiary/aromatic N) is 6. The molecule has 0 aliphatic carbocycles. The van der Waals surface area contributed by atoms with Crippen molar-refractivity contribution in [1.29, 1.82) is 0 Å². The zero-order valence-electron chi connectivity index (χ0n) is 14.7. The zero-order chi connectivity index (χ0) is 18.1. The minimum Gasteiger partial charge on any atom is -0.352 e. The molecule has 4 heterocycles. The lowest BCUT2D eigenvalue weighted by Gasteiger charge is -2.35. The van der Waals surface area contributed by atoms with E-state index in [0.29, 0.717) is 0 Å². The highest BCUT2D eigenvalue weighted by Gasteiger charge is 2.22. The Morgan fingerprint density at radius 2 is 1.52 bits per heavy atom. The van der Waals surface area contributed by atoms with Crippen LogP contribution in [0.5, 0.6) is 0 Å². The second kappa shape index (κ2) is 6.92. The summed E-state index contributed by atoms with van der Waals surface area (Å²) in [6.45, 7) is 3.54. The van der Waals surface area contributed by atoms with Crippen molar-refractivity contribution in [2.75, 3.05) is 36.0 Å².